The number of rotatable bonds is 0. The second-order valence-electron chi connectivity index (χ2n) is 3.52. The van der Waals surface area contributed by atoms with Crippen molar-refractivity contribution in [3.05, 3.63) is 35.4 Å². The molecule has 1 aromatic carbocycles. The van der Waals surface area contributed by atoms with E-state index in [2.05, 4.69) is 27.1 Å². The van der Waals surface area contributed by atoms with Gasteiger partial charge in [0.1, 0.15) is 0 Å². The zero-order valence-corrected chi connectivity index (χ0v) is 8.80. The lowest BCUT2D eigenvalue weighted by atomic mass is 9.93. The number of aliphatic hydroxyl groups excluding tert-OH is 1. The maximum atomic E-state index is 9.79. The Morgan fingerprint density at radius 1 is 1.38 bits per heavy atom. The van der Waals surface area contributed by atoms with Crippen molar-refractivity contribution in [2.75, 3.05) is 6.54 Å². The minimum atomic E-state index is -0.343. The zero-order valence-electron chi connectivity index (χ0n) is 7.64. The Morgan fingerprint density at radius 2 is 2.00 bits per heavy atom. The molecule has 13 heavy (non-hydrogen) atoms. The monoisotopic (exact) mass is 195 g/mol. The fraction of sp³-hybridized carbons (Fsp3) is 0.400. The molecule has 3 atom stereocenters. The third-order valence-electron chi connectivity index (χ3n) is 2.69. The van der Waals surface area contributed by atoms with Crippen LogP contribution < -0.4 is 0 Å². The number of benzene rings is 1. The van der Waals surface area contributed by atoms with Crippen LogP contribution in [0, 0.1) is 0 Å². The molecule has 1 aromatic rings. The first-order valence-corrected chi connectivity index (χ1v) is 5.00. The van der Waals surface area contributed by atoms with Gasteiger partial charge in [0, 0.05) is 12.6 Å². The lowest BCUT2D eigenvalue weighted by Gasteiger charge is -2.34. The predicted molar refractivity (Wildman–Crippen MR) is 56.2 cm³/mol. The van der Waals surface area contributed by atoms with Gasteiger partial charge in [-0.2, -0.15) is 0 Å². The van der Waals surface area contributed by atoms with E-state index in [1.807, 2.05) is 18.2 Å². The number of hydrogen-bond acceptors (Lipinski definition) is 2. The van der Waals surface area contributed by atoms with E-state index in [9.17, 15) is 5.11 Å². The van der Waals surface area contributed by atoms with Crippen molar-refractivity contribution in [3.8, 4) is 0 Å². The average Bonchev–Trinajstić information content (AvgIpc) is 2.15. The van der Waals surface area contributed by atoms with E-state index in [1.54, 1.807) is 0 Å². The van der Waals surface area contributed by atoms with Crippen LogP contribution in [0.4, 0.5) is 0 Å². The molecule has 0 spiro atoms. The summed E-state index contributed by atoms with van der Waals surface area (Å²) in [6.07, 6.45) is -0.343. The topological polar surface area (TPSA) is 23.5 Å². The third kappa shape index (κ3) is 1.50. The molecule has 0 fully saturated rings. The van der Waals surface area contributed by atoms with E-state index < -0.39 is 0 Å². The summed E-state index contributed by atoms with van der Waals surface area (Å²) in [6, 6.07) is 8.47. The van der Waals surface area contributed by atoms with Gasteiger partial charge in [0.05, 0.1) is 6.10 Å². The van der Waals surface area contributed by atoms with E-state index in [0.717, 1.165) is 5.56 Å². The summed E-state index contributed by atoms with van der Waals surface area (Å²) >= 11 is 0. The summed E-state index contributed by atoms with van der Waals surface area (Å²) in [5, 5.41) is 9.79. The Bertz CT molecular complexity index is 316. The van der Waals surface area contributed by atoms with Crippen molar-refractivity contribution in [3.63, 3.8) is 0 Å². The fourth-order valence-corrected chi connectivity index (χ4v) is 2.19. The molecule has 1 aliphatic rings. The smallest absolute Gasteiger partial charge is 0.0923 e. The molecule has 2 nitrogen and oxygen atoms in total. The van der Waals surface area contributed by atoms with Crippen LogP contribution in [0.2, 0.25) is 0 Å². The van der Waals surface area contributed by atoms with Crippen molar-refractivity contribution in [1.82, 2.24) is 4.67 Å². The molecule has 70 valence electrons. The lowest BCUT2D eigenvalue weighted by molar-refractivity contribution is 0.123. The van der Waals surface area contributed by atoms with E-state index in [-0.39, 0.29) is 6.10 Å². The van der Waals surface area contributed by atoms with E-state index in [1.165, 1.54) is 5.56 Å². The normalized spacial score (nSPS) is 28.5. The molecular formula is C10H14NOP. The highest BCUT2D eigenvalue weighted by atomic mass is 31.0. The fourth-order valence-electron chi connectivity index (χ4n) is 1.83. The Morgan fingerprint density at radius 3 is 2.69 bits per heavy atom. The Balaban J connectivity index is 2.47. The van der Waals surface area contributed by atoms with E-state index in [0.29, 0.717) is 12.6 Å². The maximum Gasteiger partial charge on any atom is 0.0923 e. The van der Waals surface area contributed by atoms with Gasteiger partial charge in [0.15, 0.2) is 0 Å². The first-order valence-electron chi connectivity index (χ1n) is 4.48. The Kier molecular flexibility index (Phi) is 2.37. The molecule has 0 aromatic heterocycles. The molecule has 3 heteroatoms. The maximum absolute atomic E-state index is 9.79. The van der Waals surface area contributed by atoms with Crippen molar-refractivity contribution in [2.24, 2.45) is 0 Å². The zero-order chi connectivity index (χ0) is 9.42. The first kappa shape index (κ1) is 9.14. The molecular weight excluding hydrogens is 181 g/mol. The van der Waals surface area contributed by atoms with Gasteiger partial charge in [0.2, 0.25) is 0 Å². The number of β-amino-alcohol motifs (C(OH)–C–C–N with tert-alkyl or cyclic N) is 1. The second-order valence-corrected chi connectivity index (χ2v) is 4.18. The lowest BCUT2D eigenvalue weighted by Crippen LogP contribution is -2.29. The standard InChI is InChI=1S/C10H14NOP/c1-7-8-4-2-3-5-9(8)10(12)6-11(7)13/h2-5,7,10,12H,6,13H2,1H3. The number of fused-ring (bicyclic) bond motifs is 1. The first-order chi connectivity index (χ1) is 6.20. The minimum Gasteiger partial charge on any atom is -0.387 e. The van der Waals surface area contributed by atoms with E-state index in [4.69, 9.17) is 0 Å². The van der Waals surface area contributed by atoms with Gasteiger partial charge in [-0.25, -0.2) is 0 Å². The summed E-state index contributed by atoms with van der Waals surface area (Å²) in [6.45, 7) is 2.85. The molecule has 1 N–H and O–H groups in total. The van der Waals surface area contributed by atoms with Crippen molar-refractivity contribution in [1.29, 1.82) is 0 Å². The van der Waals surface area contributed by atoms with Crippen LogP contribution in [0.25, 0.3) is 0 Å². The highest BCUT2D eigenvalue weighted by Crippen LogP contribution is 2.35. The van der Waals surface area contributed by atoms with Crippen LogP contribution in [0.15, 0.2) is 24.3 Å². The molecule has 0 radical (unpaired) electrons. The van der Waals surface area contributed by atoms with Crippen LogP contribution in [0.1, 0.15) is 30.2 Å². The molecule has 0 aliphatic carbocycles. The molecule has 3 unspecified atom stereocenters. The number of hydrogen-bond donors (Lipinski definition) is 1. The Hall–Kier alpha value is -0.430. The average molecular weight is 195 g/mol. The highest BCUT2D eigenvalue weighted by Gasteiger charge is 2.26. The SMILES string of the molecule is CC1c2ccccc2C(O)CN1P. The van der Waals surface area contributed by atoms with Crippen molar-refractivity contribution in [2.45, 2.75) is 19.1 Å². The van der Waals surface area contributed by atoms with Gasteiger partial charge in [-0.3, -0.25) is 4.67 Å². The van der Waals surface area contributed by atoms with Gasteiger partial charge < -0.3 is 5.11 Å². The summed E-state index contributed by atoms with van der Waals surface area (Å²) in [4.78, 5) is 0. The summed E-state index contributed by atoms with van der Waals surface area (Å²) < 4.78 is 2.09. The van der Waals surface area contributed by atoms with Crippen LogP contribution >= 0.6 is 9.39 Å². The molecule has 2 rings (SSSR count). The molecule has 0 bridgehead atoms. The number of nitrogens with zero attached hydrogens (tertiary/aromatic N) is 1. The van der Waals surface area contributed by atoms with Crippen molar-refractivity contribution < 1.29 is 5.11 Å². The van der Waals surface area contributed by atoms with Crippen LogP contribution in [-0.4, -0.2) is 16.3 Å². The molecule has 0 amide bonds. The molecule has 1 heterocycles. The molecule has 0 saturated heterocycles. The molecule has 0 saturated carbocycles. The van der Waals surface area contributed by atoms with Gasteiger partial charge in [-0.15, -0.1) is 0 Å². The highest BCUT2D eigenvalue weighted by molar-refractivity contribution is 7.13. The van der Waals surface area contributed by atoms with Gasteiger partial charge >= 0.3 is 0 Å². The van der Waals surface area contributed by atoms with Crippen LogP contribution in [-0.2, 0) is 0 Å². The van der Waals surface area contributed by atoms with Gasteiger partial charge in [0.25, 0.3) is 0 Å². The largest absolute Gasteiger partial charge is 0.387 e. The minimum absolute atomic E-state index is 0.343. The predicted octanol–water partition coefficient (Wildman–Crippen LogP) is 1.89. The van der Waals surface area contributed by atoms with Crippen LogP contribution in [0.3, 0.4) is 0 Å². The quantitative estimate of drug-likeness (QED) is 0.639. The van der Waals surface area contributed by atoms with Crippen LogP contribution in [0.5, 0.6) is 0 Å². The third-order valence-corrected chi connectivity index (χ3v) is 3.34. The van der Waals surface area contributed by atoms with E-state index >= 15 is 0 Å². The van der Waals surface area contributed by atoms with Gasteiger partial charge in [-0.05, 0) is 18.1 Å². The summed E-state index contributed by atoms with van der Waals surface area (Å²) in [5.41, 5.74) is 2.31. The molecule has 1 aliphatic heterocycles. The van der Waals surface area contributed by atoms with Gasteiger partial charge in [-0.1, -0.05) is 33.7 Å². The Labute approximate surface area is 80.8 Å². The van der Waals surface area contributed by atoms with Crippen molar-refractivity contribution >= 4 is 9.39 Å². The second kappa shape index (κ2) is 3.38. The number of aliphatic hydroxyl groups is 1. The summed E-state index contributed by atoms with van der Waals surface area (Å²) in [7, 11) is 2.66. The summed E-state index contributed by atoms with van der Waals surface area (Å²) in [5.74, 6) is 0.